The van der Waals surface area contributed by atoms with Gasteiger partial charge in [0.2, 0.25) is 5.91 Å². The molecule has 3 aliphatic rings. The number of carbonyl (C=O) groups is 2. The van der Waals surface area contributed by atoms with Gasteiger partial charge < -0.3 is 35.3 Å². The number of piperidine rings is 1. The van der Waals surface area contributed by atoms with Gasteiger partial charge in [0.1, 0.15) is 11.7 Å². The second-order valence-corrected chi connectivity index (χ2v) is 13.4. The van der Waals surface area contributed by atoms with Crippen LogP contribution >= 0.6 is 0 Å². The Bertz CT molecular complexity index is 1740. The first-order chi connectivity index (χ1) is 23.5. The molecule has 3 aromatic carbocycles. The number of imidazole rings is 1. The molecule has 4 aromatic rings. The minimum absolute atomic E-state index is 0.0524. The lowest BCUT2D eigenvalue weighted by Crippen LogP contribution is -2.51. The summed E-state index contributed by atoms with van der Waals surface area (Å²) in [5.74, 6) is 0.0470. The van der Waals surface area contributed by atoms with Crippen molar-refractivity contribution in [3.63, 3.8) is 0 Å². The average Bonchev–Trinajstić information content (AvgIpc) is 3.53. The van der Waals surface area contributed by atoms with E-state index in [4.69, 9.17) is 9.72 Å². The highest BCUT2D eigenvalue weighted by Gasteiger charge is 2.42. The number of nitrogens with one attached hydrogen (secondary N) is 3. The maximum absolute atomic E-state index is 14.1. The Hall–Kier alpha value is -4.41. The lowest BCUT2D eigenvalue weighted by atomic mass is 9.81. The summed E-state index contributed by atoms with van der Waals surface area (Å²) in [6, 6.07) is 22.4. The number of likely N-dealkylation sites (tertiary alicyclic amines) is 1. The number of anilines is 2. The molecule has 2 amide bonds. The summed E-state index contributed by atoms with van der Waals surface area (Å²) < 4.78 is 5.56. The van der Waals surface area contributed by atoms with Crippen LogP contribution in [0.1, 0.15) is 73.5 Å². The zero-order valence-corrected chi connectivity index (χ0v) is 27.7. The molecule has 0 radical (unpaired) electrons. The first-order valence-electron chi connectivity index (χ1n) is 17.5. The van der Waals surface area contributed by atoms with Gasteiger partial charge in [-0.15, -0.1) is 0 Å². The van der Waals surface area contributed by atoms with Gasteiger partial charge in [0, 0.05) is 43.6 Å². The molecule has 4 atom stereocenters. The van der Waals surface area contributed by atoms with Crippen molar-refractivity contribution < 1.29 is 19.4 Å². The van der Waals surface area contributed by atoms with E-state index in [1.54, 1.807) is 4.90 Å². The van der Waals surface area contributed by atoms with Gasteiger partial charge in [0.15, 0.2) is 0 Å². The summed E-state index contributed by atoms with van der Waals surface area (Å²) in [5.41, 5.74) is 7.03. The third-order valence-corrected chi connectivity index (χ3v) is 10.4. The lowest BCUT2D eigenvalue weighted by molar-refractivity contribution is -0.118. The molecule has 48 heavy (non-hydrogen) atoms. The summed E-state index contributed by atoms with van der Waals surface area (Å²) in [4.78, 5) is 38.9. The van der Waals surface area contributed by atoms with Gasteiger partial charge in [-0.25, -0.2) is 9.78 Å². The van der Waals surface area contributed by atoms with Crippen molar-refractivity contribution in [2.45, 2.75) is 63.5 Å². The van der Waals surface area contributed by atoms with Crippen LogP contribution in [0.5, 0.6) is 0 Å². The van der Waals surface area contributed by atoms with E-state index < -0.39 is 12.0 Å². The minimum atomic E-state index is -0.843. The Morgan fingerprint density at radius 1 is 1.06 bits per heavy atom. The largest absolute Gasteiger partial charge is 0.465 e. The van der Waals surface area contributed by atoms with Crippen LogP contribution in [0.25, 0.3) is 11.0 Å². The monoisotopic (exact) mass is 650 g/mol. The van der Waals surface area contributed by atoms with Crippen molar-refractivity contribution in [2.75, 3.05) is 49.6 Å². The van der Waals surface area contributed by atoms with E-state index in [9.17, 15) is 14.7 Å². The van der Waals surface area contributed by atoms with Gasteiger partial charge in [-0.3, -0.25) is 4.79 Å². The first kappa shape index (κ1) is 32.2. The number of carbonyl (C=O) groups excluding carboxylic acids is 1. The van der Waals surface area contributed by atoms with E-state index in [1.165, 1.54) is 5.56 Å². The van der Waals surface area contributed by atoms with Gasteiger partial charge >= 0.3 is 6.09 Å². The Morgan fingerprint density at radius 3 is 2.69 bits per heavy atom. The van der Waals surface area contributed by atoms with Gasteiger partial charge in [-0.2, -0.15) is 0 Å². The molecule has 10 nitrogen and oxygen atoms in total. The maximum Gasteiger partial charge on any atom is 0.407 e. The molecule has 252 valence electrons. The predicted octanol–water partition coefficient (Wildman–Crippen LogP) is 6.31. The molecular weight excluding hydrogens is 604 g/mol. The smallest absolute Gasteiger partial charge is 0.407 e. The number of morpholine rings is 1. The van der Waals surface area contributed by atoms with Crippen molar-refractivity contribution in [1.29, 1.82) is 0 Å². The Balaban J connectivity index is 1.26. The lowest BCUT2D eigenvalue weighted by Gasteiger charge is -2.42. The van der Waals surface area contributed by atoms with Crippen molar-refractivity contribution >= 4 is 34.4 Å². The molecule has 2 saturated heterocycles. The molecule has 0 bridgehead atoms. The molecule has 0 saturated carbocycles. The zero-order chi connectivity index (χ0) is 33.0. The molecule has 1 aromatic heterocycles. The molecule has 3 aliphatic heterocycles. The molecule has 7 rings (SSSR count). The van der Waals surface area contributed by atoms with Crippen LogP contribution in [-0.4, -0.2) is 77.4 Å². The Morgan fingerprint density at radius 2 is 1.90 bits per heavy atom. The quantitative estimate of drug-likeness (QED) is 0.159. The van der Waals surface area contributed by atoms with E-state index in [1.807, 2.05) is 18.2 Å². The second kappa shape index (κ2) is 14.4. The number of hydrogen-bond donors (Lipinski definition) is 4. The first-order valence-corrected chi connectivity index (χ1v) is 17.5. The molecule has 4 heterocycles. The number of unbranched alkanes of at least 4 members (excludes halogenated alkanes) is 1. The van der Waals surface area contributed by atoms with Crippen LogP contribution in [0.15, 0.2) is 66.7 Å². The highest BCUT2D eigenvalue weighted by molar-refractivity contribution is 6.00. The molecule has 10 heteroatoms. The van der Waals surface area contributed by atoms with E-state index >= 15 is 0 Å². The molecule has 0 aliphatic carbocycles. The van der Waals surface area contributed by atoms with Crippen LogP contribution in [0.3, 0.4) is 0 Å². The van der Waals surface area contributed by atoms with Crippen molar-refractivity contribution in [1.82, 2.24) is 20.2 Å². The number of ether oxygens (including phenoxy) is 1. The van der Waals surface area contributed by atoms with Gasteiger partial charge in [-0.05, 0) is 72.6 Å². The zero-order valence-electron chi connectivity index (χ0n) is 27.7. The predicted molar refractivity (Wildman–Crippen MR) is 188 cm³/mol. The van der Waals surface area contributed by atoms with Gasteiger partial charge in [0.25, 0.3) is 0 Å². The van der Waals surface area contributed by atoms with Crippen LogP contribution in [-0.2, 0) is 16.0 Å². The van der Waals surface area contributed by atoms with E-state index in [0.29, 0.717) is 32.1 Å². The number of benzene rings is 3. The number of nitrogens with zero attached hydrogens (tertiary/aromatic N) is 3. The summed E-state index contributed by atoms with van der Waals surface area (Å²) in [7, 11) is 0. The van der Waals surface area contributed by atoms with E-state index in [0.717, 1.165) is 85.1 Å². The second-order valence-electron chi connectivity index (χ2n) is 13.4. The summed E-state index contributed by atoms with van der Waals surface area (Å²) >= 11 is 0. The maximum atomic E-state index is 14.1. The molecule has 4 N–H and O–H groups in total. The van der Waals surface area contributed by atoms with E-state index in [-0.39, 0.29) is 23.9 Å². The number of hydrogen-bond acceptors (Lipinski definition) is 6. The fourth-order valence-corrected chi connectivity index (χ4v) is 7.96. The molecular formula is C38H46N6O4. The molecule has 2 fully saturated rings. The third kappa shape index (κ3) is 6.64. The highest BCUT2D eigenvalue weighted by atomic mass is 16.5. The minimum Gasteiger partial charge on any atom is -0.465 e. The number of aromatic amines is 1. The third-order valence-electron chi connectivity index (χ3n) is 10.4. The number of H-pyrrole nitrogens is 1. The normalized spacial score (nSPS) is 22.8. The molecule has 4 unspecified atom stereocenters. The highest BCUT2D eigenvalue weighted by Crippen LogP contribution is 2.43. The van der Waals surface area contributed by atoms with Crippen LogP contribution in [0, 0.1) is 5.92 Å². The summed E-state index contributed by atoms with van der Waals surface area (Å²) in [5, 5.41) is 17.2. The number of amides is 2. The topological polar surface area (TPSA) is 123 Å². The summed E-state index contributed by atoms with van der Waals surface area (Å²) in [6.07, 6.45) is 4.50. The van der Waals surface area contributed by atoms with Crippen LogP contribution in [0.2, 0.25) is 0 Å². The fraction of sp³-hybridized carbons (Fsp3) is 0.447. The van der Waals surface area contributed by atoms with Crippen molar-refractivity contribution in [3.05, 3.63) is 89.2 Å². The van der Waals surface area contributed by atoms with Crippen LogP contribution in [0.4, 0.5) is 16.2 Å². The van der Waals surface area contributed by atoms with Crippen LogP contribution < -0.4 is 15.5 Å². The van der Waals surface area contributed by atoms with Gasteiger partial charge in [0.05, 0.1) is 30.3 Å². The number of fused-ring (bicyclic) bond motifs is 2. The Kier molecular flexibility index (Phi) is 9.63. The number of rotatable bonds is 10. The fourth-order valence-electron chi connectivity index (χ4n) is 7.96. The van der Waals surface area contributed by atoms with Gasteiger partial charge in [-0.1, -0.05) is 62.2 Å². The number of carboxylic acid groups (broad SMARTS) is 1. The summed E-state index contributed by atoms with van der Waals surface area (Å²) in [6.45, 7) is 6.40. The Labute approximate surface area is 281 Å². The molecule has 0 spiro atoms. The number of aromatic nitrogens is 2. The standard InChI is InChI=1S/C38H46N6O4/c1-2-3-14-32-27(12-8-17-44(32)38(46)47)24-39-35-33-26(22-25-9-5-4-6-10-25)11-7-13-30(33)42-37(45)34(35)36-40-29-16-15-28(23-31(29)41-36)43-18-20-48-21-19-43/h4-7,9-11,13,15-16,23,27,32,34-35,39H,2-3,8,12,14,17-22,24H2,1H3,(H,40,41)(H,42,45)(H,46,47). The van der Waals surface area contributed by atoms with Crippen molar-refractivity contribution in [3.8, 4) is 0 Å². The van der Waals surface area contributed by atoms with Crippen molar-refractivity contribution in [2.24, 2.45) is 5.92 Å². The average molecular weight is 651 g/mol. The van der Waals surface area contributed by atoms with E-state index in [2.05, 4.69) is 76.0 Å². The SMILES string of the molecule is CCCCC1C(CNC2c3c(Cc4ccccc4)cccc3NC(=O)C2c2nc3cc(N4CCOCC4)ccc3[nH]2)CCCN1C(=O)O.